The number of carbonyl (C=O) groups excluding carboxylic acids is 2. The van der Waals surface area contributed by atoms with E-state index >= 15 is 0 Å². The van der Waals surface area contributed by atoms with Gasteiger partial charge in [-0.1, -0.05) is 0 Å². The topological polar surface area (TPSA) is 34.1 Å². The second-order valence-corrected chi connectivity index (χ2v) is 6.71. The SMILES string of the molecule is O=C([CH2][Ge][CH2]C(=O)c1ccccc1)c1ccccc1. The van der Waals surface area contributed by atoms with Crippen molar-refractivity contribution >= 4 is 27.0 Å². The van der Waals surface area contributed by atoms with Gasteiger partial charge in [0.25, 0.3) is 0 Å². The Hall–Kier alpha value is -1.68. The van der Waals surface area contributed by atoms with Gasteiger partial charge in [0.2, 0.25) is 0 Å². The van der Waals surface area contributed by atoms with Crippen molar-refractivity contribution < 1.29 is 9.59 Å². The van der Waals surface area contributed by atoms with Crippen LogP contribution in [0.25, 0.3) is 0 Å². The normalized spacial score (nSPS) is 10.1. The molecule has 2 nitrogen and oxygen atoms in total. The van der Waals surface area contributed by atoms with E-state index in [0.717, 1.165) is 11.1 Å². The Kier molecular flexibility index (Phi) is 5.10. The minimum atomic E-state index is -0.543. The van der Waals surface area contributed by atoms with Crippen molar-refractivity contribution in [1.82, 2.24) is 0 Å². The third-order valence-electron chi connectivity index (χ3n) is 2.76. The molecule has 2 radical (unpaired) electrons. The molecule has 0 aliphatic rings. The Morgan fingerprint density at radius 2 is 1.05 bits per heavy atom. The first kappa shape index (κ1) is 13.7. The third kappa shape index (κ3) is 4.17. The number of hydrogen-bond acceptors (Lipinski definition) is 2. The Morgan fingerprint density at radius 3 is 1.42 bits per heavy atom. The van der Waals surface area contributed by atoms with Crippen LogP contribution in [0.15, 0.2) is 60.7 Å². The van der Waals surface area contributed by atoms with Crippen LogP contribution < -0.4 is 0 Å². The van der Waals surface area contributed by atoms with Crippen LogP contribution >= 0.6 is 0 Å². The van der Waals surface area contributed by atoms with E-state index in [1.165, 1.54) is 0 Å². The van der Waals surface area contributed by atoms with Gasteiger partial charge < -0.3 is 0 Å². The number of rotatable bonds is 6. The van der Waals surface area contributed by atoms with Crippen molar-refractivity contribution in [2.24, 2.45) is 0 Å². The van der Waals surface area contributed by atoms with E-state index in [0.29, 0.717) is 10.5 Å². The summed E-state index contributed by atoms with van der Waals surface area (Å²) in [5.41, 5.74) is 1.50. The first-order chi connectivity index (χ1) is 9.27. The molecular formula is C16H14GeO2. The minimum absolute atomic E-state index is 0.154. The van der Waals surface area contributed by atoms with Gasteiger partial charge in [0.05, 0.1) is 0 Å². The van der Waals surface area contributed by atoms with E-state index in [9.17, 15) is 9.59 Å². The number of hydrogen-bond donors (Lipinski definition) is 0. The van der Waals surface area contributed by atoms with Crippen molar-refractivity contribution in [2.75, 3.05) is 0 Å². The predicted octanol–water partition coefficient (Wildman–Crippen LogP) is 3.29. The maximum atomic E-state index is 11.9. The van der Waals surface area contributed by atoms with Gasteiger partial charge in [-0.25, -0.2) is 0 Å². The van der Waals surface area contributed by atoms with E-state index in [-0.39, 0.29) is 11.6 Å². The fourth-order valence-electron chi connectivity index (χ4n) is 1.74. The zero-order valence-electron chi connectivity index (χ0n) is 10.5. The molecule has 3 heteroatoms. The summed E-state index contributed by atoms with van der Waals surface area (Å²) in [4.78, 5) is 23.8. The van der Waals surface area contributed by atoms with Gasteiger partial charge in [0.1, 0.15) is 0 Å². The van der Waals surface area contributed by atoms with Crippen LogP contribution in [0.5, 0.6) is 0 Å². The van der Waals surface area contributed by atoms with Crippen molar-refractivity contribution in [3.63, 3.8) is 0 Å². The van der Waals surface area contributed by atoms with Crippen LogP contribution in [-0.2, 0) is 0 Å². The van der Waals surface area contributed by atoms with E-state index < -0.39 is 15.4 Å². The molecule has 0 spiro atoms. The molecule has 0 fully saturated rings. The molecule has 0 N–H and O–H groups in total. The standard InChI is InChI=1S/C16H14GeO2/c18-15(13-7-3-1-4-8-13)11-17-12-16(19)14-9-5-2-6-10-14/h1-10H,11-12H2. The molecule has 94 valence electrons. The molecule has 0 amide bonds. The molecule has 0 bridgehead atoms. The summed E-state index contributed by atoms with van der Waals surface area (Å²) < 4.78 is 0. The van der Waals surface area contributed by atoms with E-state index in [1.54, 1.807) is 0 Å². The summed E-state index contributed by atoms with van der Waals surface area (Å²) in [6, 6.07) is 18.6. The molecule has 0 aromatic heterocycles. The van der Waals surface area contributed by atoms with Crippen molar-refractivity contribution in [1.29, 1.82) is 0 Å². The average molecular weight is 311 g/mol. The molecular weight excluding hydrogens is 297 g/mol. The first-order valence-corrected chi connectivity index (χ1v) is 9.11. The Labute approximate surface area is 119 Å². The van der Waals surface area contributed by atoms with Gasteiger partial charge >= 0.3 is 119 Å². The number of benzene rings is 2. The maximum absolute atomic E-state index is 11.9. The fourth-order valence-corrected chi connectivity index (χ4v) is 3.81. The van der Waals surface area contributed by atoms with Crippen LogP contribution in [0.3, 0.4) is 0 Å². The zero-order valence-corrected chi connectivity index (χ0v) is 12.6. The first-order valence-electron chi connectivity index (χ1n) is 6.14. The van der Waals surface area contributed by atoms with E-state index in [4.69, 9.17) is 0 Å². The summed E-state index contributed by atoms with van der Waals surface area (Å²) in [5.74, 6) is 0.308. The van der Waals surface area contributed by atoms with Gasteiger partial charge in [-0.2, -0.15) is 0 Å². The monoisotopic (exact) mass is 312 g/mol. The van der Waals surface area contributed by atoms with Crippen LogP contribution in [0.2, 0.25) is 10.5 Å². The number of ketones is 2. The van der Waals surface area contributed by atoms with Gasteiger partial charge in [0.15, 0.2) is 0 Å². The molecule has 0 aliphatic carbocycles. The number of Topliss-reactive ketones (excluding diaryl/α,β-unsaturated/α-hetero) is 2. The van der Waals surface area contributed by atoms with E-state index in [2.05, 4.69) is 0 Å². The van der Waals surface area contributed by atoms with Gasteiger partial charge in [-0.05, 0) is 0 Å². The van der Waals surface area contributed by atoms with Crippen LogP contribution in [0.1, 0.15) is 20.7 Å². The molecule has 19 heavy (non-hydrogen) atoms. The Bertz CT molecular complexity index is 498. The fraction of sp³-hybridized carbons (Fsp3) is 0.125. The summed E-state index contributed by atoms with van der Waals surface area (Å²) >= 11 is -0.543. The molecule has 0 unspecified atom stereocenters. The average Bonchev–Trinajstić information content (AvgIpc) is 2.49. The molecule has 0 atom stereocenters. The molecule has 2 aromatic rings. The van der Waals surface area contributed by atoms with Crippen LogP contribution in [0, 0.1) is 0 Å². The van der Waals surface area contributed by atoms with E-state index in [1.807, 2.05) is 60.7 Å². The van der Waals surface area contributed by atoms with Gasteiger partial charge in [-0.15, -0.1) is 0 Å². The Balaban J connectivity index is 1.81. The summed E-state index contributed by atoms with van der Waals surface area (Å²) in [7, 11) is 0. The molecule has 0 saturated carbocycles. The van der Waals surface area contributed by atoms with Crippen LogP contribution in [-0.4, -0.2) is 27.0 Å². The third-order valence-corrected chi connectivity index (χ3v) is 5.16. The summed E-state index contributed by atoms with van der Waals surface area (Å²) in [5, 5.41) is 1.09. The summed E-state index contributed by atoms with van der Waals surface area (Å²) in [6.45, 7) is 0. The van der Waals surface area contributed by atoms with Gasteiger partial charge in [-0.3, -0.25) is 0 Å². The molecule has 0 heterocycles. The zero-order chi connectivity index (χ0) is 13.5. The summed E-state index contributed by atoms with van der Waals surface area (Å²) in [6.07, 6.45) is 0. The molecule has 2 rings (SSSR count). The van der Waals surface area contributed by atoms with Crippen LogP contribution in [0.4, 0.5) is 0 Å². The second-order valence-electron chi connectivity index (χ2n) is 4.18. The molecule has 0 aliphatic heterocycles. The molecule has 0 saturated heterocycles. The van der Waals surface area contributed by atoms with Crippen molar-refractivity contribution in [3.05, 3.63) is 71.8 Å². The van der Waals surface area contributed by atoms with Gasteiger partial charge in [0, 0.05) is 0 Å². The quantitative estimate of drug-likeness (QED) is 0.606. The predicted molar refractivity (Wildman–Crippen MR) is 76.9 cm³/mol. The number of carbonyl (C=O) groups is 2. The Morgan fingerprint density at radius 1 is 0.684 bits per heavy atom. The van der Waals surface area contributed by atoms with Crippen molar-refractivity contribution in [3.8, 4) is 0 Å². The van der Waals surface area contributed by atoms with Crippen molar-refractivity contribution in [2.45, 2.75) is 10.5 Å². The molecule has 2 aromatic carbocycles. The second kappa shape index (κ2) is 7.05.